The van der Waals surface area contributed by atoms with Crippen molar-refractivity contribution in [3.8, 4) is 0 Å². The lowest BCUT2D eigenvalue weighted by molar-refractivity contribution is -0.183. The summed E-state index contributed by atoms with van der Waals surface area (Å²) in [6, 6.07) is 0. The van der Waals surface area contributed by atoms with E-state index in [1.54, 1.807) is 11.8 Å². The Bertz CT molecular complexity index is 238. The van der Waals surface area contributed by atoms with Crippen molar-refractivity contribution in [3.63, 3.8) is 0 Å². The first-order valence-corrected chi connectivity index (χ1v) is 5.62. The van der Waals surface area contributed by atoms with Gasteiger partial charge >= 0.3 is 6.18 Å². The Morgan fingerprint density at radius 1 is 1.47 bits per heavy atom. The molecular weight excluding hydrogens is 237 g/mol. The number of nitrogens with two attached hydrogens (primary N) is 1. The maximum absolute atomic E-state index is 12.6. The van der Waals surface area contributed by atoms with Crippen LogP contribution in [0.1, 0.15) is 6.92 Å². The summed E-state index contributed by atoms with van der Waals surface area (Å²) in [4.78, 5) is 1.65. The molecule has 3 unspecified atom stereocenters. The third-order valence-electron chi connectivity index (χ3n) is 2.83. The van der Waals surface area contributed by atoms with Gasteiger partial charge in [-0.3, -0.25) is 4.90 Å². The Morgan fingerprint density at radius 2 is 2.12 bits per heavy atom. The lowest BCUT2D eigenvalue weighted by Crippen LogP contribution is -2.51. The van der Waals surface area contributed by atoms with Crippen LogP contribution in [0.3, 0.4) is 0 Å². The molecular formula is C10H19F3N2O2. The Hall–Kier alpha value is -0.370. The van der Waals surface area contributed by atoms with Gasteiger partial charge in [0.2, 0.25) is 0 Å². The predicted octanol–water partition coefficient (Wildman–Crippen LogP) is 0.205. The van der Waals surface area contributed by atoms with Crippen molar-refractivity contribution in [2.24, 2.45) is 11.7 Å². The highest BCUT2D eigenvalue weighted by atomic mass is 19.4. The molecule has 0 aliphatic carbocycles. The summed E-state index contributed by atoms with van der Waals surface area (Å²) in [5.74, 6) is -1.52. The highest BCUT2D eigenvalue weighted by Gasteiger charge is 2.40. The molecule has 102 valence electrons. The van der Waals surface area contributed by atoms with E-state index < -0.39 is 24.7 Å². The second kappa shape index (κ2) is 5.99. The SMILES string of the molecule is CC1CN(CC(CN)C(F)(F)F)CC(CO)O1. The molecule has 0 amide bonds. The molecule has 1 fully saturated rings. The lowest BCUT2D eigenvalue weighted by atomic mass is 10.1. The normalized spacial score (nSPS) is 29.3. The first kappa shape index (κ1) is 14.7. The average molecular weight is 256 g/mol. The topological polar surface area (TPSA) is 58.7 Å². The Kier molecular flexibility index (Phi) is 5.18. The summed E-state index contributed by atoms with van der Waals surface area (Å²) in [5.41, 5.74) is 5.15. The minimum Gasteiger partial charge on any atom is -0.394 e. The van der Waals surface area contributed by atoms with Crippen LogP contribution in [-0.4, -0.2) is 61.2 Å². The zero-order chi connectivity index (χ0) is 13.1. The first-order chi connectivity index (χ1) is 7.86. The lowest BCUT2D eigenvalue weighted by Gasteiger charge is -2.37. The van der Waals surface area contributed by atoms with E-state index in [1.165, 1.54) is 0 Å². The minimum atomic E-state index is -4.27. The molecule has 1 saturated heterocycles. The summed E-state index contributed by atoms with van der Waals surface area (Å²) < 4.78 is 43.1. The monoisotopic (exact) mass is 256 g/mol. The minimum absolute atomic E-state index is 0.135. The Morgan fingerprint density at radius 3 is 2.59 bits per heavy atom. The van der Waals surface area contributed by atoms with E-state index in [0.717, 1.165) is 0 Å². The summed E-state index contributed by atoms with van der Waals surface area (Å²) >= 11 is 0. The second-order valence-corrected chi connectivity index (χ2v) is 4.44. The zero-order valence-corrected chi connectivity index (χ0v) is 9.78. The van der Waals surface area contributed by atoms with Crippen LogP contribution in [0.4, 0.5) is 13.2 Å². The van der Waals surface area contributed by atoms with Crippen molar-refractivity contribution < 1.29 is 23.0 Å². The van der Waals surface area contributed by atoms with Gasteiger partial charge in [-0.1, -0.05) is 0 Å². The van der Waals surface area contributed by atoms with Crippen LogP contribution < -0.4 is 5.73 Å². The van der Waals surface area contributed by atoms with Crippen LogP contribution in [0.25, 0.3) is 0 Å². The van der Waals surface area contributed by atoms with Crippen LogP contribution in [0.2, 0.25) is 0 Å². The number of alkyl halides is 3. The zero-order valence-electron chi connectivity index (χ0n) is 9.78. The number of ether oxygens (including phenoxy) is 1. The van der Waals surface area contributed by atoms with Gasteiger partial charge in [-0.25, -0.2) is 0 Å². The van der Waals surface area contributed by atoms with Gasteiger partial charge in [-0.05, 0) is 6.92 Å². The molecule has 3 N–H and O–H groups in total. The molecule has 0 saturated carbocycles. The number of hydrogen-bond donors (Lipinski definition) is 2. The largest absolute Gasteiger partial charge is 0.394 e. The van der Waals surface area contributed by atoms with E-state index in [2.05, 4.69) is 0 Å². The summed E-state index contributed by atoms with van der Waals surface area (Å²) in [7, 11) is 0. The fraction of sp³-hybridized carbons (Fsp3) is 1.00. The molecule has 0 spiro atoms. The van der Waals surface area contributed by atoms with Crippen molar-refractivity contribution in [1.82, 2.24) is 4.90 Å². The standard InChI is InChI=1S/C10H19F3N2O2/c1-7-3-15(5-9(6-16)17-7)4-8(2-14)10(11,12)13/h7-9,16H,2-6,14H2,1H3. The van der Waals surface area contributed by atoms with Gasteiger partial charge in [-0.2, -0.15) is 13.2 Å². The maximum atomic E-state index is 12.6. The van der Waals surface area contributed by atoms with Crippen LogP contribution in [0.5, 0.6) is 0 Å². The van der Waals surface area contributed by atoms with Gasteiger partial charge in [-0.15, -0.1) is 0 Å². The van der Waals surface area contributed by atoms with Gasteiger partial charge in [0.25, 0.3) is 0 Å². The quantitative estimate of drug-likeness (QED) is 0.754. The highest BCUT2D eigenvalue weighted by molar-refractivity contribution is 4.80. The van der Waals surface area contributed by atoms with Crippen LogP contribution >= 0.6 is 0 Å². The van der Waals surface area contributed by atoms with Crippen molar-refractivity contribution in [2.45, 2.75) is 25.3 Å². The van der Waals surface area contributed by atoms with E-state index in [9.17, 15) is 13.2 Å². The molecule has 1 rings (SSSR count). The third-order valence-corrected chi connectivity index (χ3v) is 2.83. The molecule has 17 heavy (non-hydrogen) atoms. The predicted molar refractivity (Wildman–Crippen MR) is 56.5 cm³/mol. The van der Waals surface area contributed by atoms with Gasteiger partial charge in [0.1, 0.15) is 0 Å². The smallest absolute Gasteiger partial charge is 0.394 e. The number of nitrogens with zero attached hydrogens (tertiary/aromatic N) is 1. The second-order valence-electron chi connectivity index (χ2n) is 4.44. The Balaban J connectivity index is 2.54. The molecule has 1 heterocycles. The van der Waals surface area contributed by atoms with E-state index in [1.807, 2.05) is 0 Å². The molecule has 1 aliphatic heterocycles. The van der Waals surface area contributed by atoms with Gasteiger partial charge < -0.3 is 15.6 Å². The first-order valence-electron chi connectivity index (χ1n) is 5.62. The number of halogens is 3. The third kappa shape index (κ3) is 4.42. The molecule has 0 bridgehead atoms. The van der Waals surface area contributed by atoms with Crippen molar-refractivity contribution >= 4 is 0 Å². The maximum Gasteiger partial charge on any atom is 0.394 e. The number of aliphatic hydroxyl groups is 1. The summed E-state index contributed by atoms with van der Waals surface area (Å²) in [6.45, 7) is 1.79. The van der Waals surface area contributed by atoms with E-state index >= 15 is 0 Å². The van der Waals surface area contributed by atoms with Crippen LogP contribution in [0, 0.1) is 5.92 Å². The molecule has 3 atom stereocenters. The molecule has 0 radical (unpaired) electrons. The van der Waals surface area contributed by atoms with Crippen molar-refractivity contribution in [2.75, 3.05) is 32.8 Å². The fourth-order valence-corrected chi connectivity index (χ4v) is 2.01. The molecule has 7 heteroatoms. The molecule has 0 aromatic rings. The van der Waals surface area contributed by atoms with Crippen LogP contribution in [0.15, 0.2) is 0 Å². The average Bonchev–Trinajstić information content (AvgIpc) is 2.23. The van der Waals surface area contributed by atoms with E-state index in [-0.39, 0.29) is 19.3 Å². The summed E-state index contributed by atoms with van der Waals surface area (Å²) in [5, 5.41) is 8.98. The molecule has 1 aliphatic rings. The van der Waals surface area contributed by atoms with Crippen molar-refractivity contribution in [3.05, 3.63) is 0 Å². The number of aliphatic hydroxyl groups excluding tert-OH is 1. The number of rotatable bonds is 4. The van der Waals surface area contributed by atoms with Gasteiger partial charge in [0.05, 0.1) is 24.7 Å². The van der Waals surface area contributed by atoms with Crippen LogP contribution in [-0.2, 0) is 4.74 Å². The molecule has 0 aromatic heterocycles. The van der Waals surface area contributed by atoms with Gasteiger partial charge in [0.15, 0.2) is 0 Å². The van der Waals surface area contributed by atoms with E-state index in [4.69, 9.17) is 15.6 Å². The number of hydrogen-bond acceptors (Lipinski definition) is 4. The van der Waals surface area contributed by atoms with E-state index in [0.29, 0.717) is 13.1 Å². The van der Waals surface area contributed by atoms with Gasteiger partial charge in [0, 0.05) is 26.2 Å². The number of morpholine rings is 1. The van der Waals surface area contributed by atoms with Crippen molar-refractivity contribution in [1.29, 1.82) is 0 Å². The Labute approximate surface area is 98.5 Å². The highest BCUT2D eigenvalue weighted by Crippen LogP contribution is 2.27. The molecule has 0 aromatic carbocycles. The summed E-state index contributed by atoms with van der Waals surface area (Å²) in [6.07, 6.45) is -4.86. The fourth-order valence-electron chi connectivity index (χ4n) is 2.01. The molecule has 4 nitrogen and oxygen atoms in total.